The summed E-state index contributed by atoms with van der Waals surface area (Å²) in [5, 5.41) is 0. The van der Waals surface area contributed by atoms with E-state index in [1.165, 1.54) is 4.90 Å². The van der Waals surface area contributed by atoms with Crippen molar-refractivity contribution in [2.24, 2.45) is 17.8 Å². The molecule has 2 amide bonds. The van der Waals surface area contributed by atoms with Gasteiger partial charge in [-0.1, -0.05) is 67.6 Å². The van der Waals surface area contributed by atoms with Crippen LogP contribution in [0.1, 0.15) is 13.3 Å². The number of hydrogen-bond acceptors (Lipinski definition) is 3. The Labute approximate surface area is 181 Å². The number of fused-ring (bicyclic) bond motifs is 1. The van der Waals surface area contributed by atoms with Gasteiger partial charge in [0, 0.05) is 5.56 Å². The van der Waals surface area contributed by atoms with Crippen molar-refractivity contribution in [1.29, 1.82) is 0 Å². The smallest absolute Gasteiger partial charge is 0.238 e. The Kier molecular flexibility index (Phi) is 4.91. The molecule has 2 aliphatic rings. The fourth-order valence-electron chi connectivity index (χ4n) is 4.60. The van der Waals surface area contributed by atoms with E-state index in [-0.39, 0.29) is 29.6 Å². The molecular formula is C27H23NO3. The number of rotatable bonds is 4. The molecule has 3 aromatic rings. The van der Waals surface area contributed by atoms with Crippen molar-refractivity contribution < 1.29 is 14.3 Å². The van der Waals surface area contributed by atoms with Crippen LogP contribution < -0.4 is 9.64 Å². The third-order valence-corrected chi connectivity index (χ3v) is 6.17. The zero-order chi connectivity index (χ0) is 21.4. The number of allylic oxidation sites excluding steroid dienone is 2. The number of anilines is 1. The van der Waals surface area contributed by atoms with Crippen LogP contribution in [0.5, 0.6) is 11.5 Å². The number of ether oxygens (including phenoxy) is 1. The van der Waals surface area contributed by atoms with Crippen LogP contribution in [0.4, 0.5) is 5.69 Å². The molecule has 0 radical (unpaired) electrons. The van der Waals surface area contributed by atoms with E-state index in [1.807, 2.05) is 73.7 Å². The minimum Gasteiger partial charge on any atom is -0.457 e. The summed E-state index contributed by atoms with van der Waals surface area (Å²) < 4.78 is 6.15. The van der Waals surface area contributed by atoms with Gasteiger partial charge in [0.25, 0.3) is 0 Å². The van der Waals surface area contributed by atoms with Crippen LogP contribution in [0, 0.1) is 17.8 Å². The Hall–Kier alpha value is -3.66. The molecule has 0 unspecified atom stereocenters. The number of hydrogen-bond donors (Lipinski definition) is 0. The van der Waals surface area contributed by atoms with Crippen molar-refractivity contribution in [3.05, 3.63) is 91.0 Å². The van der Waals surface area contributed by atoms with Gasteiger partial charge in [-0.05, 0) is 48.2 Å². The molecule has 0 aromatic heterocycles. The largest absolute Gasteiger partial charge is 0.457 e. The third-order valence-electron chi connectivity index (χ3n) is 6.17. The molecule has 1 fully saturated rings. The molecule has 0 bridgehead atoms. The van der Waals surface area contributed by atoms with E-state index in [0.717, 1.165) is 16.9 Å². The summed E-state index contributed by atoms with van der Waals surface area (Å²) in [6, 6.07) is 25.1. The first-order valence-corrected chi connectivity index (χ1v) is 10.6. The number of benzene rings is 3. The van der Waals surface area contributed by atoms with Gasteiger partial charge in [-0.3, -0.25) is 14.5 Å². The number of imide groups is 1. The lowest BCUT2D eigenvalue weighted by atomic mass is 9.78. The number of carbonyl (C=O) groups is 2. The van der Waals surface area contributed by atoms with Crippen molar-refractivity contribution in [2.75, 3.05) is 4.90 Å². The van der Waals surface area contributed by atoms with E-state index in [1.54, 1.807) is 24.3 Å². The second-order valence-electron chi connectivity index (χ2n) is 8.13. The fraction of sp³-hybridized carbons (Fsp3) is 0.185. The Balaban J connectivity index is 1.39. The molecule has 0 spiro atoms. The standard InChI is InChI=1S/C27H23NO3/c1-18-8-7-12-23-25(18)27(30)28(26(23)29)20-14-16-21(17-15-20)31-24-13-6-5-11-22(24)19-9-3-2-4-10-19/h2-11,13-18,23,25H,12H2,1H3/t18-,23-,25+/m0/s1. The van der Waals surface area contributed by atoms with Gasteiger partial charge in [-0.15, -0.1) is 0 Å². The molecule has 154 valence electrons. The van der Waals surface area contributed by atoms with Gasteiger partial charge in [0.1, 0.15) is 11.5 Å². The predicted molar refractivity (Wildman–Crippen MR) is 121 cm³/mol. The molecule has 1 heterocycles. The summed E-state index contributed by atoms with van der Waals surface area (Å²) in [6.07, 6.45) is 4.69. The summed E-state index contributed by atoms with van der Waals surface area (Å²) in [5.74, 6) is 0.772. The maximum absolute atomic E-state index is 13.0. The van der Waals surface area contributed by atoms with Crippen LogP contribution in [-0.2, 0) is 9.59 Å². The van der Waals surface area contributed by atoms with E-state index in [4.69, 9.17) is 4.74 Å². The van der Waals surface area contributed by atoms with Crippen molar-refractivity contribution >= 4 is 17.5 Å². The van der Waals surface area contributed by atoms with Gasteiger partial charge in [0.15, 0.2) is 0 Å². The first-order valence-electron chi connectivity index (χ1n) is 10.6. The molecule has 5 rings (SSSR count). The van der Waals surface area contributed by atoms with Crippen molar-refractivity contribution in [2.45, 2.75) is 13.3 Å². The Morgan fingerprint density at radius 1 is 0.839 bits per heavy atom. The fourth-order valence-corrected chi connectivity index (χ4v) is 4.60. The van der Waals surface area contributed by atoms with Crippen LogP contribution in [0.25, 0.3) is 11.1 Å². The monoisotopic (exact) mass is 409 g/mol. The molecule has 3 atom stereocenters. The molecular weight excluding hydrogens is 386 g/mol. The average molecular weight is 409 g/mol. The van der Waals surface area contributed by atoms with Crippen molar-refractivity contribution in [3.8, 4) is 22.6 Å². The summed E-state index contributed by atoms with van der Waals surface area (Å²) in [5.41, 5.74) is 2.68. The summed E-state index contributed by atoms with van der Waals surface area (Å²) >= 11 is 0. The van der Waals surface area contributed by atoms with Gasteiger partial charge < -0.3 is 4.74 Å². The average Bonchev–Trinajstić information content (AvgIpc) is 3.06. The highest BCUT2D eigenvalue weighted by Gasteiger charge is 2.50. The molecule has 1 aliphatic heterocycles. The maximum atomic E-state index is 13.0. The second kappa shape index (κ2) is 7.88. The number of nitrogens with zero attached hydrogens (tertiary/aromatic N) is 1. The highest BCUT2D eigenvalue weighted by molar-refractivity contribution is 6.22. The van der Waals surface area contributed by atoms with Gasteiger partial charge in [0.2, 0.25) is 11.8 Å². The minimum atomic E-state index is -0.258. The number of amides is 2. The summed E-state index contributed by atoms with van der Waals surface area (Å²) in [4.78, 5) is 27.2. The topological polar surface area (TPSA) is 46.6 Å². The van der Waals surface area contributed by atoms with Crippen LogP contribution in [0.2, 0.25) is 0 Å². The normalized spacial score (nSPS) is 22.5. The van der Waals surface area contributed by atoms with Crippen LogP contribution in [-0.4, -0.2) is 11.8 Å². The van der Waals surface area contributed by atoms with E-state index >= 15 is 0 Å². The summed E-state index contributed by atoms with van der Waals surface area (Å²) in [6.45, 7) is 2.00. The van der Waals surface area contributed by atoms with E-state index in [2.05, 4.69) is 0 Å². The SMILES string of the molecule is C[C@H]1C=CC[C@@H]2C(=O)N(c3ccc(Oc4ccccc4-c4ccccc4)cc3)C(=O)[C@@H]21. The van der Waals surface area contributed by atoms with Gasteiger partial charge in [-0.25, -0.2) is 0 Å². The van der Waals surface area contributed by atoms with E-state index in [9.17, 15) is 9.59 Å². The quantitative estimate of drug-likeness (QED) is 0.401. The van der Waals surface area contributed by atoms with Crippen LogP contribution in [0.15, 0.2) is 91.0 Å². The molecule has 31 heavy (non-hydrogen) atoms. The van der Waals surface area contributed by atoms with Gasteiger partial charge >= 0.3 is 0 Å². The number of carbonyl (C=O) groups excluding carboxylic acids is 2. The van der Waals surface area contributed by atoms with E-state index in [0.29, 0.717) is 17.9 Å². The first kappa shape index (κ1) is 19.3. The first-order chi connectivity index (χ1) is 15.1. The van der Waals surface area contributed by atoms with Crippen molar-refractivity contribution in [1.82, 2.24) is 0 Å². The van der Waals surface area contributed by atoms with Crippen LogP contribution in [0.3, 0.4) is 0 Å². The lowest BCUT2D eigenvalue weighted by Crippen LogP contribution is -2.31. The molecule has 1 aliphatic carbocycles. The van der Waals surface area contributed by atoms with Crippen LogP contribution >= 0.6 is 0 Å². The zero-order valence-corrected chi connectivity index (χ0v) is 17.3. The molecule has 0 N–H and O–H groups in total. The third kappa shape index (κ3) is 3.44. The minimum absolute atomic E-state index is 0.0808. The Morgan fingerprint density at radius 2 is 1.55 bits per heavy atom. The van der Waals surface area contributed by atoms with E-state index < -0.39 is 0 Å². The predicted octanol–water partition coefficient (Wildman–Crippen LogP) is 5.85. The number of para-hydroxylation sites is 1. The second-order valence-corrected chi connectivity index (χ2v) is 8.13. The maximum Gasteiger partial charge on any atom is 0.238 e. The molecule has 4 heteroatoms. The Bertz CT molecular complexity index is 1150. The lowest BCUT2D eigenvalue weighted by molar-refractivity contribution is -0.122. The molecule has 1 saturated heterocycles. The van der Waals surface area contributed by atoms with Gasteiger partial charge in [-0.2, -0.15) is 0 Å². The van der Waals surface area contributed by atoms with Crippen molar-refractivity contribution in [3.63, 3.8) is 0 Å². The molecule has 3 aromatic carbocycles. The lowest BCUT2D eigenvalue weighted by Gasteiger charge is -2.22. The zero-order valence-electron chi connectivity index (χ0n) is 17.3. The van der Waals surface area contributed by atoms with Gasteiger partial charge in [0.05, 0.1) is 17.5 Å². The molecule has 0 saturated carbocycles. The highest BCUT2D eigenvalue weighted by Crippen LogP contribution is 2.41. The molecule has 4 nitrogen and oxygen atoms in total. The summed E-state index contributed by atoms with van der Waals surface area (Å²) in [7, 11) is 0. The Morgan fingerprint density at radius 3 is 2.29 bits per heavy atom. The highest BCUT2D eigenvalue weighted by atomic mass is 16.5.